The number of aryl methyl sites for hydroxylation is 1. The molecule has 1 aromatic heterocycles. The minimum absolute atomic E-state index is 0.0234. The second-order valence-electron chi connectivity index (χ2n) is 7.71. The molecular formula is C24H29N3O4S. The number of carbonyl (C=O) groups excluding carboxylic acids is 1. The van der Waals surface area contributed by atoms with Gasteiger partial charge in [0.25, 0.3) is 5.91 Å². The molecule has 0 fully saturated rings. The molecule has 8 heteroatoms. The van der Waals surface area contributed by atoms with Crippen LogP contribution in [0.3, 0.4) is 0 Å². The molecule has 32 heavy (non-hydrogen) atoms. The van der Waals surface area contributed by atoms with Gasteiger partial charge in [0, 0.05) is 12.1 Å². The normalized spacial score (nSPS) is 12.6. The highest BCUT2D eigenvalue weighted by atomic mass is 32.2. The second kappa shape index (κ2) is 10.6. The first-order chi connectivity index (χ1) is 15.3. The van der Waals surface area contributed by atoms with E-state index in [9.17, 15) is 13.2 Å². The van der Waals surface area contributed by atoms with Crippen LogP contribution in [0.2, 0.25) is 0 Å². The average molecular weight is 456 g/mol. The van der Waals surface area contributed by atoms with Crippen LogP contribution in [-0.4, -0.2) is 39.9 Å². The lowest BCUT2D eigenvalue weighted by atomic mass is 10.0. The fraction of sp³-hybridized carbons (Fsp3) is 0.292. The number of hydrogen-bond donors (Lipinski definition) is 2. The van der Waals surface area contributed by atoms with E-state index in [2.05, 4.69) is 46.1 Å². The van der Waals surface area contributed by atoms with Gasteiger partial charge in [-0.2, -0.15) is 0 Å². The summed E-state index contributed by atoms with van der Waals surface area (Å²) >= 11 is 0. The third kappa shape index (κ3) is 6.06. The number of benzene rings is 2. The van der Waals surface area contributed by atoms with Crippen LogP contribution < -0.4 is 10.0 Å². The highest BCUT2D eigenvalue weighted by Gasteiger charge is 2.18. The highest BCUT2D eigenvalue weighted by Crippen LogP contribution is 2.19. The molecule has 0 saturated heterocycles. The fourth-order valence-electron chi connectivity index (χ4n) is 3.31. The Kier molecular flexibility index (Phi) is 7.84. The molecule has 3 aromatic rings. The van der Waals surface area contributed by atoms with Crippen molar-refractivity contribution in [2.24, 2.45) is 0 Å². The number of rotatable bonds is 10. The second-order valence-corrected chi connectivity index (χ2v) is 9.48. The molecule has 7 nitrogen and oxygen atoms in total. The van der Waals surface area contributed by atoms with E-state index in [4.69, 9.17) is 4.42 Å². The van der Waals surface area contributed by atoms with E-state index in [-0.39, 0.29) is 23.4 Å². The van der Waals surface area contributed by atoms with E-state index in [1.54, 1.807) is 12.1 Å². The largest absolute Gasteiger partial charge is 0.468 e. The molecule has 0 aliphatic carbocycles. The number of nitrogens with one attached hydrogen (secondary N) is 2. The van der Waals surface area contributed by atoms with Crippen LogP contribution in [0.5, 0.6) is 0 Å². The Bertz CT molecular complexity index is 1110. The third-order valence-electron chi connectivity index (χ3n) is 5.30. The van der Waals surface area contributed by atoms with Gasteiger partial charge in [0.1, 0.15) is 5.76 Å². The van der Waals surface area contributed by atoms with Gasteiger partial charge in [-0.15, -0.1) is 0 Å². The number of hydrogen-bond acceptors (Lipinski definition) is 5. The van der Waals surface area contributed by atoms with Gasteiger partial charge in [-0.3, -0.25) is 4.79 Å². The molecule has 1 unspecified atom stereocenters. The van der Waals surface area contributed by atoms with Crippen LogP contribution in [-0.2, 0) is 23.0 Å². The zero-order chi connectivity index (χ0) is 23.1. The van der Waals surface area contributed by atoms with Crippen LogP contribution in [0, 0.1) is 0 Å². The van der Waals surface area contributed by atoms with E-state index in [1.807, 2.05) is 14.1 Å². The van der Waals surface area contributed by atoms with Crippen molar-refractivity contribution in [3.05, 3.63) is 89.4 Å². The standard InChI is InChI=1S/C24H29N3O4S/c1-4-18-7-9-19(10-8-18)23(27(2)3)17-25-24(28)20-11-13-22(14-12-20)32(29,30)26-16-21-6-5-15-31-21/h5-15,23,26H,4,16-17H2,1-3H3,(H,25,28). The predicted octanol–water partition coefficient (Wildman–Crippen LogP) is 3.35. The molecule has 2 aromatic carbocycles. The highest BCUT2D eigenvalue weighted by molar-refractivity contribution is 7.89. The van der Waals surface area contributed by atoms with Crippen molar-refractivity contribution in [1.82, 2.24) is 14.9 Å². The van der Waals surface area contributed by atoms with Crippen LogP contribution in [0.15, 0.2) is 76.2 Å². The van der Waals surface area contributed by atoms with Crippen molar-refractivity contribution in [3.63, 3.8) is 0 Å². The van der Waals surface area contributed by atoms with Crippen molar-refractivity contribution < 1.29 is 17.6 Å². The van der Waals surface area contributed by atoms with Gasteiger partial charge in [-0.1, -0.05) is 31.2 Å². The summed E-state index contributed by atoms with van der Waals surface area (Å²) in [5.41, 5.74) is 2.79. The smallest absolute Gasteiger partial charge is 0.251 e. The molecule has 0 bridgehead atoms. The molecule has 0 aliphatic heterocycles. The Morgan fingerprint density at radius 1 is 1.03 bits per heavy atom. The maximum absolute atomic E-state index is 12.6. The summed E-state index contributed by atoms with van der Waals surface area (Å²) in [5, 5.41) is 2.95. The van der Waals surface area contributed by atoms with Crippen molar-refractivity contribution in [3.8, 4) is 0 Å². The van der Waals surface area contributed by atoms with Gasteiger partial charge in [-0.05, 0) is 68.0 Å². The topological polar surface area (TPSA) is 91.6 Å². The molecule has 170 valence electrons. The Balaban J connectivity index is 1.61. The fourth-order valence-corrected chi connectivity index (χ4v) is 4.31. The van der Waals surface area contributed by atoms with Gasteiger partial charge in [-0.25, -0.2) is 13.1 Å². The number of amides is 1. The molecule has 0 aliphatic rings. The third-order valence-corrected chi connectivity index (χ3v) is 6.71. The van der Waals surface area contributed by atoms with E-state index in [0.717, 1.165) is 12.0 Å². The minimum Gasteiger partial charge on any atom is -0.468 e. The van der Waals surface area contributed by atoms with Gasteiger partial charge in [0.2, 0.25) is 10.0 Å². The van der Waals surface area contributed by atoms with Gasteiger partial charge in [0.15, 0.2) is 0 Å². The summed E-state index contributed by atoms with van der Waals surface area (Å²) in [5.74, 6) is 0.263. The van der Waals surface area contributed by atoms with Crippen LogP contribution in [0.25, 0.3) is 0 Å². The van der Waals surface area contributed by atoms with Crippen molar-refractivity contribution in [2.75, 3.05) is 20.6 Å². The summed E-state index contributed by atoms with van der Waals surface area (Å²) in [6.45, 7) is 2.61. The molecule has 0 radical (unpaired) electrons. The first-order valence-electron chi connectivity index (χ1n) is 10.5. The molecule has 1 atom stereocenters. The Labute approximate surface area is 189 Å². The minimum atomic E-state index is -3.71. The summed E-state index contributed by atoms with van der Waals surface area (Å²) in [7, 11) is 0.238. The van der Waals surface area contributed by atoms with Crippen LogP contribution >= 0.6 is 0 Å². The molecule has 2 N–H and O–H groups in total. The van der Waals surface area contributed by atoms with Crippen molar-refractivity contribution in [2.45, 2.75) is 30.8 Å². The maximum Gasteiger partial charge on any atom is 0.251 e. The first kappa shape index (κ1) is 23.7. The lowest BCUT2D eigenvalue weighted by molar-refractivity contribution is 0.0942. The number of furan rings is 1. The maximum atomic E-state index is 12.6. The molecule has 0 spiro atoms. The lowest BCUT2D eigenvalue weighted by Gasteiger charge is -2.25. The Morgan fingerprint density at radius 3 is 2.28 bits per heavy atom. The van der Waals surface area contributed by atoms with Crippen molar-refractivity contribution >= 4 is 15.9 Å². The predicted molar refractivity (Wildman–Crippen MR) is 124 cm³/mol. The first-order valence-corrected chi connectivity index (χ1v) is 11.9. The van der Waals surface area contributed by atoms with E-state index in [1.165, 1.54) is 36.1 Å². The molecular weight excluding hydrogens is 426 g/mol. The van der Waals surface area contributed by atoms with E-state index in [0.29, 0.717) is 17.9 Å². The van der Waals surface area contributed by atoms with Gasteiger partial charge in [0.05, 0.1) is 23.7 Å². The molecule has 1 amide bonds. The zero-order valence-corrected chi connectivity index (χ0v) is 19.4. The average Bonchev–Trinajstić information content (AvgIpc) is 3.32. The van der Waals surface area contributed by atoms with E-state index >= 15 is 0 Å². The van der Waals surface area contributed by atoms with E-state index < -0.39 is 10.0 Å². The van der Waals surface area contributed by atoms with Gasteiger partial charge < -0.3 is 14.6 Å². The summed E-state index contributed by atoms with van der Waals surface area (Å²) in [6.07, 6.45) is 2.46. The Morgan fingerprint density at radius 2 is 1.72 bits per heavy atom. The van der Waals surface area contributed by atoms with Gasteiger partial charge >= 0.3 is 0 Å². The summed E-state index contributed by atoms with van der Waals surface area (Å²) in [6, 6.07) is 17.7. The van der Waals surface area contributed by atoms with Crippen LogP contribution in [0.4, 0.5) is 0 Å². The Hall–Kier alpha value is -2.94. The van der Waals surface area contributed by atoms with Crippen LogP contribution in [0.1, 0.15) is 40.2 Å². The number of nitrogens with zero attached hydrogens (tertiary/aromatic N) is 1. The SMILES string of the molecule is CCc1ccc(C(CNC(=O)c2ccc(S(=O)(=O)NCc3ccco3)cc2)N(C)C)cc1. The monoisotopic (exact) mass is 455 g/mol. The molecule has 0 saturated carbocycles. The number of sulfonamides is 1. The zero-order valence-electron chi connectivity index (χ0n) is 18.5. The quantitative estimate of drug-likeness (QED) is 0.489. The number of likely N-dealkylation sites (N-methyl/N-ethyl adjacent to an activating group) is 1. The summed E-state index contributed by atoms with van der Waals surface area (Å²) in [4.78, 5) is 14.8. The van der Waals surface area contributed by atoms with Crippen molar-refractivity contribution in [1.29, 1.82) is 0 Å². The molecule has 3 rings (SSSR count). The summed E-state index contributed by atoms with van der Waals surface area (Å²) < 4.78 is 32.5. The molecule has 1 heterocycles. The number of carbonyl (C=O) groups is 1. The lowest BCUT2D eigenvalue weighted by Crippen LogP contribution is -2.34.